The van der Waals surface area contributed by atoms with Crippen LogP contribution in [-0.2, 0) is 30.9 Å². The van der Waals surface area contributed by atoms with Crippen molar-refractivity contribution in [3.8, 4) is 45.4 Å². The van der Waals surface area contributed by atoms with Gasteiger partial charge >= 0.3 is 0 Å². The van der Waals surface area contributed by atoms with E-state index in [0.717, 1.165) is 39.4 Å². The average molecular weight is 770 g/mol. The van der Waals surface area contributed by atoms with Gasteiger partial charge in [-0.2, -0.15) is 0 Å². The Morgan fingerprint density at radius 2 is 1.18 bits per heavy atom. The molecule has 5 heteroatoms. The van der Waals surface area contributed by atoms with E-state index >= 15 is 0 Å². The van der Waals surface area contributed by atoms with E-state index in [2.05, 4.69) is 121 Å². The quantitative estimate of drug-likeness (QED) is 0.171. The molecule has 1 fully saturated rings. The van der Waals surface area contributed by atoms with Gasteiger partial charge in [0.05, 0.1) is 0 Å². The summed E-state index contributed by atoms with van der Waals surface area (Å²) in [5, 5.41) is 0. The molecular weight excluding hydrogens is 729 g/mol. The van der Waals surface area contributed by atoms with Crippen LogP contribution in [0.25, 0.3) is 45.4 Å². The number of aromatic nitrogens is 4. The van der Waals surface area contributed by atoms with Gasteiger partial charge in [0.1, 0.15) is 0 Å². The molecule has 2 unspecified atom stereocenters. The van der Waals surface area contributed by atoms with Crippen LogP contribution in [-0.4, -0.2) is 19.9 Å². The molecule has 0 spiro atoms. The topological polar surface area (TPSA) is 51.6 Å². The molecule has 4 nitrogen and oxygen atoms in total. The monoisotopic (exact) mass is 770 g/mol. The van der Waals surface area contributed by atoms with Gasteiger partial charge in [0.2, 0.25) is 0 Å². The first-order valence-electron chi connectivity index (χ1n) is 15.9. The number of aryl methyl sites for hydroxylation is 1. The summed E-state index contributed by atoms with van der Waals surface area (Å²) in [7, 11) is 0. The molecule has 2 aliphatic rings. The van der Waals surface area contributed by atoms with Crippen LogP contribution in [0.15, 0.2) is 72.9 Å². The van der Waals surface area contributed by atoms with Gasteiger partial charge in [0.15, 0.2) is 17.5 Å². The van der Waals surface area contributed by atoms with Crippen molar-refractivity contribution < 1.29 is 20.1 Å². The minimum Gasteiger partial charge on any atom is -0.304 e. The maximum atomic E-state index is 5.01. The van der Waals surface area contributed by atoms with E-state index in [-0.39, 0.29) is 30.9 Å². The Kier molecular flexibility index (Phi) is 8.16. The summed E-state index contributed by atoms with van der Waals surface area (Å²) in [5.74, 6) is 3.41. The molecule has 45 heavy (non-hydrogen) atoms. The standard InChI is InChI=1S/C40H41N4.Ir/c1-24-20-35(29-14-19-32-27-8-9-28(21-27)33(32)22-29)41-23-34(24)38-43-36(25-10-15-30(16-11-25)39(2,3)4)42-37(44-38)26-12-17-31(18-13-26)40(5,6)7;/h10-13,15-20,22-23,27-28H,8-9,21H2,1-7H3;/q-1;. The Hall–Kier alpha value is -3.53. The third-order valence-electron chi connectivity index (χ3n) is 9.61. The summed E-state index contributed by atoms with van der Waals surface area (Å²) in [4.78, 5) is 19.9. The molecule has 0 saturated heterocycles. The predicted octanol–water partition coefficient (Wildman–Crippen LogP) is 10.0. The van der Waals surface area contributed by atoms with Gasteiger partial charge in [-0.05, 0) is 64.8 Å². The van der Waals surface area contributed by atoms with Crippen molar-refractivity contribution in [3.05, 3.63) is 107 Å². The van der Waals surface area contributed by atoms with Crippen LogP contribution >= 0.6 is 0 Å². The Balaban J connectivity index is 0.00000357. The minimum atomic E-state index is 0. The molecule has 1 radical (unpaired) electrons. The summed E-state index contributed by atoms with van der Waals surface area (Å²) >= 11 is 0. The SMILES string of the molecule is Cc1cc(-c2[c-]cc3c(c2)C2CCC3C2)ncc1-c1nc(-c2ccc(C(C)(C)C)cc2)nc(-c2ccc(C(C)(C)C)cc2)n1.[Ir]. The fraction of sp³-hybridized carbons (Fsp3) is 0.350. The number of rotatable bonds is 4. The van der Waals surface area contributed by atoms with Gasteiger partial charge in [-0.1, -0.05) is 103 Å². The Labute approximate surface area is 281 Å². The number of hydrogen-bond acceptors (Lipinski definition) is 4. The zero-order valence-electron chi connectivity index (χ0n) is 27.3. The third-order valence-corrected chi connectivity index (χ3v) is 9.61. The summed E-state index contributed by atoms with van der Waals surface area (Å²) < 4.78 is 0. The first kappa shape index (κ1) is 31.5. The Morgan fingerprint density at radius 1 is 0.667 bits per heavy atom. The third kappa shape index (κ3) is 6.05. The summed E-state index contributed by atoms with van der Waals surface area (Å²) in [5.41, 5.74) is 11.7. The van der Waals surface area contributed by atoms with Gasteiger partial charge in [-0.3, -0.25) is 0 Å². The largest absolute Gasteiger partial charge is 0.304 e. The van der Waals surface area contributed by atoms with E-state index in [9.17, 15) is 0 Å². The predicted molar refractivity (Wildman–Crippen MR) is 180 cm³/mol. The molecule has 1 saturated carbocycles. The molecule has 7 rings (SSSR count). The van der Waals surface area contributed by atoms with Crippen molar-refractivity contribution in [3.63, 3.8) is 0 Å². The maximum absolute atomic E-state index is 5.01. The molecule has 0 aliphatic heterocycles. The van der Waals surface area contributed by atoms with Crippen LogP contribution in [0, 0.1) is 13.0 Å². The van der Waals surface area contributed by atoms with Crippen LogP contribution in [0.4, 0.5) is 0 Å². The van der Waals surface area contributed by atoms with E-state index in [1.165, 1.54) is 41.5 Å². The van der Waals surface area contributed by atoms with Gasteiger partial charge in [0.25, 0.3) is 0 Å². The minimum absolute atomic E-state index is 0. The van der Waals surface area contributed by atoms with Gasteiger partial charge < -0.3 is 4.98 Å². The number of pyridine rings is 1. The second-order valence-electron chi connectivity index (χ2n) is 14.8. The fourth-order valence-electron chi connectivity index (χ4n) is 6.85. The van der Waals surface area contributed by atoms with Crippen molar-refractivity contribution in [1.29, 1.82) is 0 Å². The molecule has 5 aromatic rings. The van der Waals surface area contributed by atoms with Crippen LogP contribution < -0.4 is 0 Å². The molecule has 2 heterocycles. The first-order valence-corrected chi connectivity index (χ1v) is 15.9. The van der Waals surface area contributed by atoms with Crippen LogP contribution in [0.3, 0.4) is 0 Å². The molecule has 2 atom stereocenters. The van der Waals surface area contributed by atoms with Crippen molar-refractivity contribution in [2.24, 2.45) is 0 Å². The van der Waals surface area contributed by atoms with Gasteiger partial charge in [-0.15, -0.1) is 34.9 Å². The number of fused-ring (bicyclic) bond motifs is 5. The molecule has 0 amide bonds. The summed E-state index contributed by atoms with van der Waals surface area (Å²) in [6.07, 6.45) is 5.87. The van der Waals surface area contributed by atoms with Crippen LogP contribution in [0.2, 0.25) is 0 Å². The molecular formula is C40H41IrN4-. The number of hydrogen-bond donors (Lipinski definition) is 0. The van der Waals surface area contributed by atoms with E-state index in [4.69, 9.17) is 19.9 Å². The smallest absolute Gasteiger partial charge is 0.165 e. The summed E-state index contributed by atoms with van der Waals surface area (Å²) in [6, 6.07) is 27.5. The second kappa shape index (κ2) is 11.7. The maximum Gasteiger partial charge on any atom is 0.165 e. The molecule has 2 aliphatic carbocycles. The fourth-order valence-corrected chi connectivity index (χ4v) is 6.85. The number of benzene rings is 3. The van der Waals surface area contributed by atoms with Gasteiger partial charge in [0, 0.05) is 43.0 Å². The molecule has 3 aromatic carbocycles. The van der Waals surface area contributed by atoms with Gasteiger partial charge in [-0.25, -0.2) is 15.0 Å². The molecule has 231 valence electrons. The van der Waals surface area contributed by atoms with Crippen molar-refractivity contribution in [1.82, 2.24) is 19.9 Å². The van der Waals surface area contributed by atoms with E-state index in [1.807, 2.05) is 6.20 Å². The van der Waals surface area contributed by atoms with E-state index in [1.54, 1.807) is 0 Å². The van der Waals surface area contributed by atoms with Crippen molar-refractivity contribution >= 4 is 0 Å². The van der Waals surface area contributed by atoms with Crippen molar-refractivity contribution in [2.45, 2.75) is 90.4 Å². The van der Waals surface area contributed by atoms with Crippen molar-refractivity contribution in [2.75, 3.05) is 0 Å². The summed E-state index contributed by atoms with van der Waals surface area (Å²) in [6.45, 7) is 15.5. The zero-order valence-corrected chi connectivity index (χ0v) is 29.7. The molecule has 0 N–H and O–H groups in total. The Bertz CT molecular complexity index is 1790. The second-order valence-corrected chi connectivity index (χ2v) is 14.8. The average Bonchev–Trinajstić information content (AvgIpc) is 3.63. The zero-order chi connectivity index (χ0) is 30.8. The molecule has 2 aromatic heterocycles. The van der Waals surface area contributed by atoms with Crippen LogP contribution in [0.5, 0.6) is 0 Å². The van der Waals surface area contributed by atoms with E-state index < -0.39 is 0 Å². The van der Waals surface area contributed by atoms with E-state index in [0.29, 0.717) is 23.4 Å². The Morgan fingerprint density at radius 3 is 1.69 bits per heavy atom. The first-order chi connectivity index (χ1) is 20.9. The van der Waals surface area contributed by atoms with Crippen LogP contribution in [0.1, 0.15) is 100 Å². The number of nitrogens with zero attached hydrogens (tertiary/aromatic N) is 4. The molecule has 2 bridgehead atoms. The normalized spacial score (nSPS) is 17.2.